The second-order valence-electron chi connectivity index (χ2n) is 6.88. The van der Waals surface area contributed by atoms with Crippen LogP contribution in [-0.2, 0) is 9.84 Å². The highest BCUT2D eigenvalue weighted by molar-refractivity contribution is 7.91. The molecule has 3 rings (SSSR count). The summed E-state index contributed by atoms with van der Waals surface area (Å²) in [6.07, 6.45) is 2.46. The van der Waals surface area contributed by atoms with Crippen molar-refractivity contribution in [2.24, 2.45) is 5.10 Å². The van der Waals surface area contributed by atoms with Gasteiger partial charge in [0.25, 0.3) is 0 Å². The van der Waals surface area contributed by atoms with Crippen LogP contribution in [0, 0.1) is 20.8 Å². The first-order valence-electron chi connectivity index (χ1n) is 8.95. The number of aryl methyl sites for hydroxylation is 2. The van der Waals surface area contributed by atoms with Crippen molar-refractivity contribution in [1.82, 2.24) is 9.78 Å². The minimum atomic E-state index is -2.94. The molecule has 2 aromatic rings. The monoisotopic (exact) mass is 374 g/mol. The molecule has 1 fully saturated rings. The maximum absolute atomic E-state index is 11.8. The van der Waals surface area contributed by atoms with E-state index in [0.717, 1.165) is 29.2 Å². The number of sulfone groups is 1. The van der Waals surface area contributed by atoms with Gasteiger partial charge in [0.1, 0.15) is 0 Å². The Hall–Kier alpha value is -2.15. The molecule has 140 valence electrons. The molecular formula is C19H26N4O2S. The van der Waals surface area contributed by atoms with Crippen molar-refractivity contribution >= 4 is 21.7 Å². The third kappa shape index (κ3) is 3.82. The number of anilines is 1. The highest BCUT2D eigenvalue weighted by atomic mass is 32.2. The fourth-order valence-electron chi connectivity index (χ4n) is 3.36. The quantitative estimate of drug-likeness (QED) is 0.596. The summed E-state index contributed by atoms with van der Waals surface area (Å²) in [4.78, 5) is 0. The second kappa shape index (κ2) is 7.23. The summed E-state index contributed by atoms with van der Waals surface area (Å²) in [6.45, 7) is 8.80. The molecule has 1 aromatic heterocycles. The number of hydrogen-bond acceptors (Lipinski definition) is 5. The molecule has 6 nitrogen and oxygen atoms in total. The number of benzene rings is 1. The van der Waals surface area contributed by atoms with Crippen molar-refractivity contribution < 1.29 is 8.42 Å². The van der Waals surface area contributed by atoms with E-state index in [1.54, 1.807) is 0 Å². The van der Waals surface area contributed by atoms with E-state index in [2.05, 4.69) is 48.3 Å². The van der Waals surface area contributed by atoms with E-state index in [1.165, 1.54) is 5.56 Å². The summed E-state index contributed by atoms with van der Waals surface area (Å²) in [7, 11) is -2.94. The predicted octanol–water partition coefficient (Wildman–Crippen LogP) is 3.03. The second-order valence-corrected chi connectivity index (χ2v) is 9.11. The molecule has 0 radical (unpaired) electrons. The first-order valence-corrected chi connectivity index (χ1v) is 10.8. The molecule has 1 aliphatic rings. The van der Waals surface area contributed by atoms with Gasteiger partial charge in [-0.25, -0.2) is 8.42 Å². The fraction of sp³-hybridized carbons (Fsp3) is 0.474. The van der Waals surface area contributed by atoms with Gasteiger partial charge in [-0.2, -0.15) is 10.2 Å². The Morgan fingerprint density at radius 3 is 2.54 bits per heavy atom. The zero-order valence-electron chi connectivity index (χ0n) is 15.8. The first-order chi connectivity index (χ1) is 12.3. The highest BCUT2D eigenvalue weighted by Gasteiger charge is 2.31. The molecule has 0 amide bonds. The lowest BCUT2D eigenvalue weighted by Crippen LogP contribution is -2.16. The van der Waals surface area contributed by atoms with Crippen LogP contribution < -0.4 is 5.01 Å². The van der Waals surface area contributed by atoms with Crippen LogP contribution in [0.15, 0.2) is 29.4 Å². The molecular weight excluding hydrogens is 348 g/mol. The molecule has 0 spiro atoms. The Morgan fingerprint density at radius 2 is 1.96 bits per heavy atom. The van der Waals surface area contributed by atoms with E-state index in [1.807, 2.05) is 29.8 Å². The Labute approximate surface area is 155 Å². The maximum atomic E-state index is 11.8. The minimum absolute atomic E-state index is 0.0692. The van der Waals surface area contributed by atoms with E-state index < -0.39 is 9.84 Å². The molecule has 1 unspecified atom stereocenters. The number of aromatic nitrogens is 2. The van der Waals surface area contributed by atoms with E-state index in [-0.39, 0.29) is 17.5 Å². The largest absolute Gasteiger partial charge is 0.266 e. The summed E-state index contributed by atoms with van der Waals surface area (Å²) in [5.41, 5.74) is 5.05. The molecule has 7 heteroatoms. The summed E-state index contributed by atoms with van der Waals surface area (Å²) >= 11 is 0. The summed E-state index contributed by atoms with van der Waals surface area (Å²) < 4.78 is 25.4. The van der Waals surface area contributed by atoms with E-state index in [9.17, 15) is 8.42 Å². The molecule has 1 saturated heterocycles. The fourth-order valence-corrected chi connectivity index (χ4v) is 5.05. The maximum Gasteiger partial charge on any atom is 0.152 e. The SMILES string of the molecule is CCN(/N=C/c1c(C)nn(C2CCS(=O)(=O)C2)c1C)c1ccc(C)cc1. The number of rotatable bonds is 5. The van der Waals surface area contributed by atoms with Crippen molar-refractivity contribution in [3.8, 4) is 0 Å². The topological polar surface area (TPSA) is 67.6 Å². The molecule has 0 aliphatic carbocycles. The average molecular weight is 375 g/mol. The lowest BCUT2D eigenvalue weighted by atomic mass is 10.2. The number of hydrogen-bond donors (Lipinski definition) is 0. The molecule has 1 atom stereocenters. The van der Waals surface area contributed by atoms with Crippen LogP contribution in [0.5, 0.6) is 0 Å². The summed E-state index contributed by atoms with van der Waals surface area (Å²) in [6, 6.07) is 8.19. The van der Waals surface area contributed by atoms with E-state index >= 15 is 0 Å². The van der Waals surface area contributed by atoms with Gasteiger partial charge in [0.2, 0.25) is 0 Å². The molecule has 1 aromatic carbocycles. The number of hydrazone groups is 1. The predicted molar refractivity (Wildman–Crippen MR) is 106 cm³/mol. The Bertz CT molecular complexity index is 914. The smallest absolute Gasteiger partial charge is 0.152 e. The molecule has 0 saturated carbocycles. The van der Waals surface area contributed by atoms with Gasteiger partial charge in [0.05, 0.1) is 35.1 Å². The molecule has 0 bridgehead atoms. The molecule has 1 aliphatic heterocycles. The van der Waals surface area contributed by atoms with Gasteiger partial charge in [-0.15, -0.1) is 0 Å². The normalized spacial score (nSPS) is 19.3. The van der Waals surface area contributed by atoms with Crippen LogP contribution in [0.2, 0.25) is 0 Å². The van der Waals surface area contributed by atoms with Gasteiger partial charge in [0.15, 0.2) is 9.84 Å². The summed E-state index contributed by atoms with van der Waals surface area (Å²) in [5.74, 6) is 0.423. The minimum Gasteiger partial charge on any atom is -0.266 e. The van der Waals surface area contributed by atoms with Gasteiger partial charge in [-0.1, -0.05) is 17.7 Å². The van der Waals surface area contributed by atoms with Crippen molar-refractivity contribution in [2.45, 2.75) is 40.2 Å². The van der Waals surface area contributed by atoms with Crippen LogP contribution in [0.25, 0.3) is 0 Å². The van der Waals surface area contributed by atoms with Gasteiger partial charge in [-0.3, -0.25) is 9.69 Å². The zero-order chi connectivity index (χ0) is 18.9. The third-order valence-electron chi connectivity index (χ3n) is 4.89. The van der Waals surface area contributed by atoms with Crippen LogP contribution in [0.1, 0.15) is 41.9 Å². The lowest BCUT2D eigenvalue weighted by molar-refractivity contribution is 0.486. The van der Waals surface area contributed by atoms with Gasteiger partial charge >= 0.3 is 0 Å². The van der Waals surface area contributed by atoms with E-state index in [0.29, 0.717) is 6.42 Å². The molecule has 0 N–H and O–H groups in total. The van der Waals surface area contributed by atoms with Crippen molar-refractivity contribution in [3.63, 3.8) is 0 Å². The van der Waals surface area contributed by atoms with Gasteiger partial charge < -0.3 is 0 Å². The van der Waals surface area contributed by atoms with E-state index in [4.69, 9.17) is 0 Å². The zero-order valence-corrected chi connectivity index (χ0v) is 16.6. The molecule has 2 heterocycles. The Kier molecular flexibility index (Phi) is 5.18. The third-order valence-corrected chi connectivity index (χ3v) is 6.64. The van der Waals surface area contributed by atoms with Gasteiger partial charge in [0, 0.05) is 17.8 Å². The Morgan fingerprint density at radius 1 is 1.27 bits per heavy atom. The standard InChI is InChI=1S/C19H26N4O2S/c1-5-22(17-8-6-14(2)7-9-17)20-12-19-15(3)21-23(16(19)4)18-10-11-26(24,25)13-18/h6-9,12,18H,5,10-11,13H2,1-4H3/b20-12+. The lowest BCUT2D eigenvalue weighted by Gasteiger charge is -2.17. The van der Waals surface area contributed by atoms with Crippen LogP contribution >= 0.6 is 0 Å². The van der Waals surface area contributed by atoms with Crippen LogP contribution in [-0.4, -0.2) is 42.5 Å². The van der Waals surface area contributed by atoms with Crippen molar-refractivity contribution in [3.05, 3.63) is 46.8 Å². The van der Waals surface area contributed by atoms with Crippen molar-refractivity contribution in [1.29, 1.82) is 0 Å². The average Bonchev–Trinajstić information content (AvgIpc) is 3.09. The number of nitrogens with zero attached hydrogens (tertiary/aromatic N) is 4. The first kappa shape index (κ1) is 18.6. The Balaban J connectivity index is 1.85. The molecule has 26 heavy (non-hydrogen) atoms. The van der Waals surface area contributed by atoms with Gasteiger partial charge in [-0.05, 0) is 46.2 Å². The van der Waals surface area contributed by atoms with Crippen LogP contribution in [0.3, 0.4) is 0 Å². The highest BCUT2D eigenvalue weighted by Crippen LogP contribution is 2.26. The van der Waals surface area contributed by atoms with Crippen LogP contribution in [0.4, 0.5) is 5.69 Å². The van der Waals surface area contributed by atoms with Crippen molar-refractivity contribution in [2.75, 3.05) is 23.1 Å². The summed E-state index contributed by atoms with van der Waals surface area (Å²) in [5, 5.41) is 11.2.